The Morgan fingerprint density at radius 2 is 0.532 bits per heavy atom. The zero-order chi connectivity index (χ0) is 45.1. The van der Waals surface area contributed by atoms with Crippen molar-refractivity contribution in [2.45, 2.75) is 303 Å². The zero-order valence-electron chi connectivity index (χ0n) is 41.7. The van der Waals surface area contributed by atoms with Crippen molar-refractivity contribution in [3.63, 3.8) is 0 Å². The van der Waals surface area contributed by atoms with Crippen molar-refractivity contribution in [1.82, 2.24) is 0 Å². The van der Waals surface area contributed by atoms with Crippen LogP contribution in [0.25, 0.3) is 0 Å². The smallest absolute Gasteiger partial charge is 0.306 e. The molecule has 0 radical (unpaired) electrons. The maximum Gasteiger partial charge on any atom is 0.306 e. The maximum absolute atomic E-state index is 12.8. The van der Waals surface area contributed by atoms with Gasteiger partial charge in [-0.25, -0.2) is 0 Å². The fraction of sp³-hybridized carbons (Fsp3) is 0.875. The van der Waals surface area contributed by atoms with Gasteiger partial charge in [0.25, 0.3) is 0 Å². The van der Waals surface area contributed by atoms with Crippen LogP contribution in [-0.2, 0) is 28.6 Å². The predicted octanol–water partition coefficient (Wildman–Crippen LogP) is 17.9. The predicted molar refractivity (Wildman–Crippen MR) is 266 cm³/mol. The van der Waals surface area contributed by atoms with Gasteiger partial charge in [-0.05, 0) is 70.6 Å². The van der Waals surface area contributed by atoms with E-state index in [-0.39, 0.29) is 31.1 Å². The van der Waals surface area contributed by atoms with E-state index in [1.807, 2.05) is 0 Å². The maximum atomic E-state index is 12.8. The summed E-state index contributed by atoms with van der Waals surface area (Å²) in [5, 5.41) is 0. The van der Waals surface area contributed by atoms with Crippen molar-refractivity contribution >= 4 is 17.9 Å². The number of allylic oxidation sites excluding steroid dienone is 4. The molecule has 0 bridgehead atoms. The van der Waals surface area contributed by atoms with Crippen LogP contribution in [-0.4, -0.2) is 37.2 Å². The number of esters is 3. The average Bonchev–Trinajstić information content (AvgIpc) is 3.27. The Kier molecular flexibility index (Phi) is 49.8. The topological polar surface area (TPSA) is 78.9 Å². The van der Waals surface area contributed by atoms with Gasteiger partial charge in [-0.15, -0.1) is 0 Å². The molecule has 0 spiro atoms. The molecule has 0 aliphatic rings. The van der Waals surface area contributed by atoms with Crippen LogP contribution < -0.4 is 0 Å². The Morgan fingerprint density at radius 3 is 0.839 bits per heavy atom. The summed E-state index contributed by atoms with van der Waals surface area (Å²) < 4.78 is 16.8. The Hall–Kier alpha value is -2.11. The average molecular weight is 873 g/mol. The molecular formula is C56H104O6. The van der Waals surface area contributed by atoms with Crippen molar-refractivity contribution in [1.29, 1.82) is 0 Å². The third kappa shape index (κ3) is 48.9. The lowest BCUT2D eigenvalue weighted by atomic mass is 10.0. The minimum absolute atomic E-state index is 0.0732. The number of ether oxygens (including phenoxy) is 3. The fourth-order valence-electron chi connectivity index (χ4n) is 8.02. The van der Waals surface area contributed by atoms with Gasteiger partial charge in [0.05, 0.1) is 0 Å². The molecule has 0 saturated carbocycles. The summed E-state index contributed by atoms with van der Waals surface area (Å²) in [7, 11) is 0. The van der Waals surface area contributed by atoms with Crippen molar-refractivity contribution in [2.24, 2.45) is 0 Å². The van der Waals surface area contributed by atoms with Gasteiger partial charge in [-0.3, -0.25) is 14.4 Å². The van der Waals surface area contributed by atoms with Gasteiger partial charge in [-0.1, -0.05) is 231 Å². The molecule has 0 rings (SSSR count). The Balaban J connectivity index is 4.33. The van der Waals surface area contributed by atoms with Crippen LogP contribution in [0.15, 0.2) is 24.3 Å². The van der Waals surface area contributed by atoms with Crippen LogP contribution in [0.2, 0.25) is 0 Å². The van der Waals surface area contributed by atoms with Gasteiger partial charge in [0.1, 0.15) is 13.2 Å². The Labute approximate surface area is 385 Å². The quantitative estimate of drug-likeness (QED) is 0.0262. The number of hydrogen-bond acceptors (Lipinski definition) is 6. The summed E-state index contributed by atoms with van der Waals surface area (Å²) in [4.78, 5) is 38.0. The summed E-state index contributed by atoms with van der Waals surface area (Å²) in [5.41, 5.74) is 0. The lowest BCUT2D eigenvalue weighted by molar-refractivity contribution is -0.167. The van der Waals surface area contributed by atoms with Gasteiger partial charge < -0.3 is 14.2 Å². The minimum atomic E-state index is -0.774. The number of unbranched alkanes of at least 4 members (excludes halogenated alkanes) is 35. The molecule has 364 valence electrons. The third-order valence-corrected chi connectivity index (χ3v) is 12.2. The van der Waals surface area contributed by atoms with Gasteiger partial charge in [-0.2, -0.15) is 0 Å². The summed E-state index contributed by atoms with van der Waals surface area (Å²) in [5.74, 6) is -0.876. The molecule has 0 aromatic rings. The lowest BCUT2D eigenvalue weighted by Crippen LogP contribution is -2.30. The van der Waals surface area contributed by atoms with Crippen LogP contribution in [0.4, 0.5) is 0 Å². The molecule has 6 nitrogen and oxygen atoms in total. The van der Waals surface area contributed by atoms with Gasteiger partial charge in [0.15, 0.2) is 6.10 Å². The number of carbonyl (C=O) groups excluding carboxylic acids is 3. The zero-order valence-corrected chi connectivity index (χ0v) is 41.7. The van der Waals surface area contributed by atoms with Crippen LogP contribution in [0.5, 0.6) is 0 Å². The monoisotopic (exact) mass is 873 g/mol. The first kappa shape index (κ1) is 59.9. The molecule has 0 aromatic carbocycles. The molecule has 62 heavy (non-hydrogen) atoms. The van der Waals surface area contributed by atoms with Crippen LogP contribution in [0, 0.1) is 0 Å². The highest BCUT2D eigenvalue weighted by Gasteiger charge is 2.19. The lowest BCUT2D eigenvalue weighted by Gasteiger charge is -2.18. The Morgan fingerprint density at radius 1 is 0.306 bits per heavy atom. The van der Waals surface area contributed by atoms with Gasteiger partial charge in [0, 0.05) is 19.3 Å². The van der Waals surface area contributed by atoms with Crippen molar-refractivity contribution in [2.75, 3.05) is 13.2 Å². The summed E-state index contributed by atoms with van der Waals surface area (Å²) in [6, 6.07) is 0. The van der Waals surface area contributed by atoms with Crippen molar-refractivity contribution < 1.29 is 28.6 Å². The summed E-state index contributed by atoms with van der Waals surface area (Å²) >= 11 is 0. The molecule has 0 unspecified atom stereocenters. The molecule has 6 heteroatoms. The highest BCUT2D eigenvalue weighted by atomic mass is 16.6. The second kappa shape index (κ2) is 51.5. The van der Waals surface area contributed by atoms with Gasteiger partial charge in [0.2, 0.25) is 0 Å². The third-order valence-electron chi connectivity index (χ3n) is 12.2. The number of rotatable bonds is 50. The normalized spacial score (nSPS) is 12.1. The molecule has 0 aliphatic carbocycles. The first-order chi connectivity index (χ1) is 30.5. The molecule has 0 amide bonds. The highest BCUT2D eigenvalue weighted by molar-refractivity contribution is 5.71. The van der Waals surface area contributed by atoms with Crippen LogP contribution in [0.3, 0.4) is 0 Å². The number of carbonyl (C=O) groups is 3. The van der Waals surface area contributed by atoms with E-state index in [1.54, 1.807) is 0 Å². The Bertz CT molecular complexity index is 1000. The molecule has 0 saturated heterocycles. The van der Waals surface area contributed by atoms with E-state index >= 15 is 0 Å². The minimum Gasteiger partial charge on any atom is -0.462 e. The highest BCUT2D eigenvalue weighted by Crippen LogP contribution is 2.16. The molecule has 0 N–H and O–H groups in total. The molecular weight excluding hydrogens is 769 g/mol. The summed E-state index contributed by atoms with van der Waals surface area (Å²) in [6.07, 6.45) is 58.8. The van der Waals surface area contributed by atoms with Gasteiger partial charge >= 0.3 is 17.9 Å². The van der Waals surface area contributed by atoms with E-state index in [0.717, 1.165) is 70.6 Å². The molecule has 0 aliphatic heterocycles. The first-order valence-electron chi connectivity index (χ1n) is 27.3. The van der Waals surface area contributed by atoms with E-state index in [9.17, 15) is 14.4 Å². The standard InChI is InChI=1S/C56H104O6/c1-4-7-10-13-16-19-22-25-27-28-30-31-34-37-40-43-46-49-55(58)61-52-53(51-60-54(57)48-45-42-39-36-33-24-21-18-15-12-9-6-3)62-56(59)50-47-44-41-38-35-32-29-26-23-20-17-14-11-8-5-2/h18,21,26,29,53H,4-17,19-20,22-25,27-28,30-52H2,1-3H3/b21-18-,29-26-/t53-/m1/s1. The van der Waals surface area contributed by atoms with E-state index in [2.05, 4.69) is 45.1 Å². The first-order valence-corrected chi connectivity index (χ1v) is 27.3. The molecule has 1 atom stereocenters. The van der Waals surface area contributed by atoms with E-state index in [0.29, 0.717) is 19.3 Å². The van der Waals surface area contributed by atoms with E-state index < -0.39 is 6.10 Å². The largest absolute Gasteiger partial charge is 0.462 e. The summed E-state index contributed by atoms with van der Waals surface area (Å²) in [6.45, 7) is 6.63. The second-order valence-electron chi connectivity index (χ2n) is 18.5. The molecule has 0 aromatic heterocycles. The van der Waals surface area contributed by atoms with Crippen molar-refractivity contribution in [3.05, 3.63) is 24.3 Å². The van der Waals surface area contributed by atoms with E-state index in [4.69, 9.17) is 14.2 Å². The SMILES string of the molecule is CCCCC/C=C\CCCCCCCC(=O)OC[C@H](COC(=O)CCCCCCCCCCCCCCCCCCC)OC(=O)CCCCCCC/C=C\CCCCCCCC. The fourth-order valence-corrected chi connectivity index (χ4v) is 8.02. The van der Waals surface area contributed by atoms with E-state index in [1.165, 1.54) is 186 Å². The van der Waals surface area contributed by atoms with Crippen molar-refractivity contribution in [3.8, 4) is 0 Å². The number of hydrogen-bond donors (Lipinski definition) is 0. The van der Waals surface area contributed by atoms with Crippen LogP contribution in [0.1, 0.15) is 297 Å². The van der Waals surface area contributed by atoms with Crippen LogP contribution >= 0.6 is 0 Å². The molecule has 0 heterocycles. The second-order valence-corrected chi connectivity index (χ2v) is 18.5. The molecule has 0 fully saturated rings.